The third-order valence-electron chi connectivity index (χ3n) is 10.1. The van der Waals surface area contributed by atoms with Crippen LogP contribution in [0.25, 0.3) is 16.8 Å². The lowest BCUT2D eigenvalue weighted by molar-refractivity contribution is -0.142. The molecule has 0 spiro atoms. The first-order valence-corrected chi connectivity index (χ1v) is 19.2. The average molecular weight is 722 g/mol. The minimum Gasteiger partial charge on any atom is -0.472 e. The Morgan fingerprint density at radius 3 is 2.63 bits per heavy atom. The van der Waals surface area contributed by atoms with E-state index in [1.54, 1.807) is 27.0 Å². The van der Waals surface area contributed by atoms with Gasteiger partial charge in [-0.3, -0.25) is 19.1 Å². The van der Waals surface area contributed by atoms with E-state index in [1.807, 2.05) is 30.3 Å². The highest BCUT2D eigenvalue weighted by molar-refractivity contribution is 7.91. The Morgan fingerprint density at radius 2 is 1.92 bits per heavy atom. The summed E-state index contributed by atoms with van der Waals surface area (Å²) in [5.74, 6) is -2.16. The second-order valence-electron chi connectivity index (χ2n) is 15.1. The zero-order valence-electron chi connectivity index (χ0n) is 29.4. The lowest BCUT2D eigenvalue weighted by Gasteiger charge is -2.35. The van der Waals surface area contributed by atoms with Crippen LogP contribution in [-0.2, 0) is 29.1 Å². The van der Waals surface area contributed by atoms with E-state index in [-0.39, 0.29) is 26.0 Å². The lowest BCUT2D eigenvalue weighted by atomic mass is 9.85. The number of amides is 4. The number of carbonyl (C=O) groups excluding carboxylic acids is 4. The van der Waals surface area contributed by atoms with E-state index >= 15 is 0 Å². The Hall–Kier alpha value is -4.46. The van der Waals surface area contributed by atoms with Crippen LogP contribution in [0.5, 0.6) is 5.88 Å². The maximum Gasteiger partial charge on any atom is 0.407 e. The summed E-state index contributed by atoms with van der Waals surface area (Å²) in [6.45, 7) is 9.36. The lowest BCUT2D eigenvalue weighted by Crippen LogP contribution is -2.60. The summed E-state index contributed by atoms with van der Waals surface area (Å²) in [6.07, 6.45) is 10.3. The van der Waals surface area contributed by atoms with Gasteiger partial charge in [0.1, 0.15) is 23.7 Å². The van der Waals surface area contributed by atoms with E-state index in [4.69, 9.17) is 9.47 Å². The normalized spacial score (nSPS) is 28.2. The summed E-state index contributed by atoms with van der Waals surface area (Å²) in [5, 5.41) is 6.59. The number of benzene rings is 1. The Morgan fingerprint density at radius 1 is 1.14 bits per heavy atom. The van der Waals surface area contributed by atoms with Crippen LogP contribution >= 0.6 is 0 Å². The van der Waals surface area contributed by atoms with Crippen molar-refractivity contribution in [3.8, 4) is 5.88 Å². The van der Waals surface area contributed by atoms with Crippen molar-refractivity contribution in [3.63, 3.8) is 0 Å². The van der Waals surface area contributed by atoms with Gasteiger partial charge in [-0.1, -0.05) is 51.1 Å². The van der Waals surface area contributed by atoms with Crippen LogP contribution in [0.15, 0.2) is 49.2 Å². The Kier molecular flexibility index (Phi) is 10.2. The van der Waals surface area contributed by atoms with E-state index in [1.165, 1.54) is 11.0 Å². The number of hydrogen-bond acceptors (Lipinski definition) is 9. The quantitative estimate of drug-likeness (QED) is 0.373. The van der Waals surface area contributed by atoms with Crippen LogP contribution in [0.3, 0.4) is 0 Å². The Balaban J connectivity index is 1.32. The first-order chi connectivity index (χ1) is 24.2. The van der Waals surface area contributed by atoms with Crippen molar-refractivity contribution in [1.29, 1.82) is 0 Å². The first-order valence-electron chi connectivity index (χ1n) is 17.7. The van der Waals surface area contributed by atoms with Gasteiger partial charge >= 0.3 is 6.09 Å². The van der Waals surface area contributed by atoms with Crippen molar-refractivity contribution in [2.24, 2.45) is 11.3 Å². The summed E-state index contributed by atoms with van der Waals surface area (Å²) in [6, 6.07) is 5.69. The fourth-order valence-corrected chi connectivity index (χ4v) is 8.17. The van der Waals surface area contributed by atoms with Crippen molar-refractivity contribution < 1.29 is 37.1 Å². The number of cyclic esters (lactones) is 1. The van der Waals surface area contributed by atoms with Crippen LogP contribution in [0.4, 0.5) is 4.79 Å². The van der Waals surface area contributed by atoms with Gasteiger partial charge in [-0.2, -0.15) is 0 Å². The highest BCUT2D eigenvalue weighted by Gasteiger charge is 2.62. The molecule has 274 valence electrons. The predicted octanol–water partition coefficient (Wildman–Crippen LogP) is 3.98. The molecule has 4 bridgehead atoms. The SMILES string of the molecule is C=C[C@@H]1C[C@]1(NC(=O)[C@@H]1C[C@@H]2CN1C(=O)[C@H](C(C)(C)C)NC(=O)OCCCCC/C=C/c1ccc3ccnc(c3c1)O2)C(=O)NS(=O)(=O)C1CC1. The molecule has 1 aromatic heterocycles. The third kappa shape index (κ3) is 8.05. The number of fused-ring (bicyclic) bond motifs is 3. The monoisotopic (exact) mass is 721 g/mol. The van der Waals surface area contributed by atoms with Crippen molar-refractivity contribution in [2.75, 3.05) is 13.2 Å². The number of ether oxygens (including phenoxy) is 2. The smallest absolute Gasteiger partial charge is 0.407 e. The second-order valence-corrected chi connectivity index (χ2v) is 17.1. The minimum absolute atomic E-state index is 0.0158. The molecule has 51 heavy (non-hydrogen) atoms. The van der Waals surface area contributed by atoms with Gasteiger partial charge in [0.25, 0.3) is 5.91 Å². The molecular formula is C37H47N5O8S. The molecule has 0 unspecified atom stereocenters. The molecule has 6 rings (SSSR count). The number of carbonyl (C=O) groups is 4. The van der Waals surface area contributed by atoms with Crippen molar-refractivity contribution in [1.82, 2.24) is 25.2 Å². The third-order valence-corrected chi connectivity index (χ3v) is 11.9. The average Bonchev–Trinajstić information content (AvgIpc) is 4.00. The highest BCUT2D eigenvalue weighted by Crippen LogP contribution is 2.45. The van der Waals surface area contributed by atoms with E-state index in [0.29, 0.717) is 25.1 Å². The van der Waals surface area contributed by atoms with Crippen LogP contribution in [0, 0.1) is 11.3 Å². The molecular weight excluding hydrogens is 675 g/mol. The van der Waals surface area contributed by atoms with Crippen molar-refractivity contribution in [2.45, 2.75) is 101 Å². The van der Waals surface area contributed by atoms with Gasteiger partial charge < -0.3 is 25.0 Å². The van der Waals surface area contributed by atoms with Gasteiger partial charge in [-0.05, 0) is 73.4 Å². The van der Waals surface area contributed by atoms with Gasteiger partial charge in [-0.15, -0.1) is 6.58 Å². The van der Waals surface area contributed by atoms with Crippen LogP contribution < -0.4 is 20.1 Å². The minimum atomic E-state index is -3.89. The number of alkyl carbamates (subject to hydrolysis) is 1. The number of hydrogen-bond donors (Lipinski definition) is 3. The van der Waals surface area contributed by atoms with Gasteiger partial charge in [0.15, 0.2) is 0 Å². The second kappa shape index (κ2) is 14.3. The predicted molar refractivity (Wildman–Crippen MR) is 191 cm³/mol. The summed E-state index contributed by atoms with van der Waals surface area (Å²) in [7, 11) is -3.89. The molecule has 4 amide bonds. The molecule has 13 nitrogen and oxygen atoms in total. The first kappa shape index (κ1) is 36.3. The zero-order valence-corrected chi connectivity index (χ0v) is 30.2. The molecule has 3 heterocycles. The largest absolute Gasteiger partial charge is 0.472 e. The summed E-state index contributed by atoms with van der Waals surface area (Å²) in [5.41, 5.74) is -1.35. The van der Waals surface area contributed by atoms with Crippen molar-refractivity contribution in [3.05, 3.63) is 54.8 Å². The molecule has 3 fully saturated rings. The van der Waals surface area contributed by atoms with Crippen LogP contribution in [0.1, 0.15) is 77.7 Å². The summed E-state index contributed by atoms with van der Waals surface area (Å²) >= 11 is 0. The molecule has 3 N–H and O–H groups in total. The molecule has 1 aromatic carbocycles. The van der Waals surface area contributed by atoms with Gasteiger partial charge in [-0.25, -0.2) is 18.2 Å². The number of allylic oxidation sites excluding steroid dienone is 1. The van der Waals surface area contributed by atoms with E-state index in [9.17, 15) is 27.6 Å². The topological polar surface area (TPSA) is 173 Å². The molecule has 4 aliphatic rings. The molecule has 2 aliphatic heterocycles. The van der Waals surface area contributed by atoms with Crippen LogP contribution in [-0.4, -0.2) is 84.2 Å². The number of nitrogens with one attached hydrogen (secondary N) is 3. The zero-order chi connectivity index (χ0) is 36.6. The number of aromatic nitrogens is 1. The molecule has 1 saturated heterocycles. The molecule has 2 aliphatic carbocycles. The van der Waals surface area contributed by atoms with Crippen LogP contribution in [0.2, 0.25) is 0 Å². The number of nitrogens with zero attached hydrogens (tertiary/aromatic N) is 2. The Bertz CT molecular complexity index is 1850. The molecule has 5 atom stereocenters. The van der Waals surface area contributed by atoms with E-state index < -0.39 is 74.1 Å². The van der Waals surface area contributed by atoms with E-state index in [0.717, 1.165) is 35.6 Å². The van der Waals surface area contributed by atoms with E-state index in [2.05, 4.69) is 33.0 Å². The fourth-order valence-electron chi connectivity index (χ4n) is 6.81. The van der Waals surface area contributed by atoms with Gasteiger partial charge in [0, 0.05) is 23.9 Å². The number of pyridine rings is 1. The summed E-state index contributed by atoms with van der Waals surface area (Å²) < 4.78 is 39.4. The molecule has 2 saturated carbocycles. The molecule has 0 radical (unpaired) electrons. The number of rotatable bonds is 6. The Labute approximate surface area is 298 Å². The standard InChI is InChI=1S/C37H47N5O8S/c1-5-25-21-37(25,34(45)41-51(47,48)27-14-15-27)40-31(43)29-20-26-22-42(29)33(44)30(36(2,3)4)39-35(46)49-18-10-8-6-7-9-11-23-12-13-24-16-17-38-32(50-26)28(24)19-23/h5,9,11-13,16-17,19,25-27,29-30H,1,6-8,10,14-15,18,20-22H2,2-4H3,(H,39,46)(H,40,43)(H,41,45)/b11-9+/t25-,26-,29+,30-,37-/m1/s1. The fraction of sp³-hybridized carbons (Fsp3) is 0.541. The molecule has 14 heteroatoms. The number of sulfonamides is 1. The van der Waals surface area contributed by atoms with Crippen molar-refractivity contribution >= 4 is 50.7 Å². The highest BCUT2D eigenvalue weighted by atomic mass is 32.2. The van der Waals surface area contributed by atoms with Gasteiger partial charge in [0.05, 0.1) is 18.4 Å². The maximum absolute atomic E-state index is 14.4. The maximum atomic E-state index is 14.4. The van der Waals surface area contributed by atoms with Gasteiger partial charge in [0.2, 0.25) is 27.7 Å². The molecule has 2 aromatic rings. The summed E-state index contributed by atoms with van der Waals surface area (Å²) in [4.78, 5) is 61.0.